The number of cyclic esters (lactones) is 1. The smallest absolute Gasteiger partial charge is 0.439 e. The van der Waals surface area contributed by atoms with Crippen molar-refractivity contribution in [3.8, 4) is 5.75 Å². The minimum Gasteiger partial charge on any atom is -0.456 e. The van der Waals surface area contributed by atoms with Crippen LogP contribution in [0.2, 0.25) is 15.2 Å². The van der Waals surface area contributed by atoms with Crippen molar-refractivity contribution in [2.75, 3.05) is 11.9 Å². The fourth-order valence-corrected chi connectivity index (χ4v) is 4.72. The van der Waals surface area contributed by atoms with Gasteiger partial charge in [0, 0.05) is 30.9 Å². The van der Waals surface area contributed by atoms with E-state index in [4.69, 9.17) is 39.5 Å². The zero-order valence-electron chi connectivity index (χ0n) is 24.8. The summed E-state index contributed by atoms with van der Waals surface area (Å²) in [6, 6.07) is 6.42. The van der Waals surface area contributed by atoms with Gasteiger partial charge in [-0.05, 0) is 42.7 Å². The average Bonchev–Trinajstić information content (AvgIpc) is 3.77. The van der Waals surface area contributed by atoms with Gasteiger partial charge in [0.2, 0.25) is 0 Å². The number of imide groups is 1. The molecule has 0 spiro atoms. The second-order valence-electron chi connectivity index (χ2n) is 10.4. The number of nitrogens with one attached hydrogen (secondary N) is 2. The van der Waals surface area contributed by atoms with Crippen LogP contribution >= 0.6 is 34.8 Å². The van der Waals surface area contributed by atoms with Crippen LogP contribution in [0.15, 0.2) is 60.4 Å². The quantitative estimate of drug-likeness (QED) is 0.128. The number of nitrogens with zero attached hydrogens (tertiary/aromatic N) is 2. The third kappa shape index (κ3) is 10.1. The summed E-state index contributed by atoms with van der Waals surface area (Å²) < 4.78 is 112. The number of carbonyl (C=O) groups excluding carboxylic acids is 3. The molecule has 2 aromatic carbocycles. The fourth-order valence-electron chi connectivity index (χ4n) is 4.20. The van der Waals surface area contributed by atoms with E-state index in [2.05, 4.69) is 14.6 Å². The lowest BCUT2D eigenvalue weighted by Crippen LogP contribution is -2.45. The van der Waals surface area contributed by atoms with Crippen LogP contribution in [0.5, 0.6) is 5.75 Å². The first-order valence-corrected chi connectivity index (χ1v) is 15.1. The number of esters is 1. The third-order valence-electron chi connectivity index (χ3n) is 6.66. The minimum absolute atomic E-state index is 0.245. The Hall–Kier alpha value is -4.35. The SMILES string of the molecule is O=C(NC(=O)c1c(F)cccc1F)Nc1cc(Cl)c(OC(F)(F)C(F)C(F)(F)F)cc1Cl.O=C1C=C(N(Cc2ccc(Cl)nc2)C2CC2)CO1. The predicted molar refractivity (Wildman–Crippen MR) is 163 cm³/mol. The summed E-state index contributed by atoms with van der Waals surface area (Å²) in [5.41, 5.74) is 0.506. The Morgan fingerprint density at radius 2 is 1.68 bits per heavy atom. The van der Waals surface area contributed by atoms with E-state index in [9.17, 15) is 49.5 Å². The van der Waals surface area contributed by atoms with Crippen LogP contribution in [-0.2, 0) is 16.1 Å². The molecule has 50 heavy (non-hydrogen) atoms. The molecular weight excluding hydrogens is 755 g/mol. The normalized spacial score (nSPS) is 14.9. The van der Waals surface area contributed by atoms with Gasteiger partial charge in [0.05, 0.1) is 21.4 Å². The summed E-state index contributed by atoms with van der Waals surface area (Å²) in [5, 5.41) is 2.49. The molecule has 0 saturated heterocycles. The molecule has 2 heterocycles. The maximum atomic E-state index is 13.6. The molecule has 2 aliphatic rings. The maximum absolute atomic E-state index is 13.6. The Kier molecular flexibility index (Phi) is 12.1. The molecule has 5 rings (SSSR count). The number of alkyl halides is 6. The lowest BCUT2D eigenvalue weighted by atomic mass is 10.2. The highest BCUT2D eigenvalue weighted by molar-refractivity contribution is 6.36. The highest BCUT2D eigenvalue weighted by Gasteiger charge is 2.59. The number of pyridine rings is 1. The van der Waals surface area contributed by atoms with E-state index >= 15 is 0 Å². The largest absolute Gasteiger partial charge is 0.456 e. The number of benzene rings is 2. The first-order chi connectivity index (χ1) is 23.4. The van der Waals surface area contributed by atoms with Crippen molar-refractivity contribution in [3.63, 3.8) is 0 Å². The number of urea groups is 1. The maximum Gasteiger partial charge on any atom is 0.439 e. The molecule has 268 valence electrons. The molecule has 0 bridgehead atoms. The van der Waals surface area contributed by atoms with E-state index in [0.29, 0.717) is 29.9 Å². The molecule has 1 fully saturated rings. The molecule has 1 aliphatic heterocycles. The van der Waals surface area contributed by atoms with Gasteiger partial charge in [0.25, 0.3) is 12.1 Å². The molecule has 1 aliphatic carbocycles. The van der Waals surface area contributed by atoms with Gasteiger partial charge >= 0.3 is 24.3 Å². The average molecular weight is 776 g/mol. The van der Waals surface area contributed by atoms with Crippen molar-refractivity contribution in [2.24, 2.45) is 0 Å². The van der Waals surface area contributed by atoms with Gasteiger partial charge in [-0.25, -0.2) is 27.7 Å². The number of amides is 3. The summed E-state index contributed by atoms with van der Waals surface area (Å²) >= 11 is 17.1. The Balaban J connectivity index is 0.000000261. The number of carbonyl (C=O) groups is 3. The van der Waals surface area contributed by atoms with Crippen molar-refractivity contribution >= 4 is 58.4 Å². The van der Waals surface area contributed by atoms with Crippen LogP contribution in [0.1, 0.15) is 28.8 Å². The molecule has 0 radical (unpaired) electrons. The van der Waals surface area contributed by atoms with Gasteiger partial charge in [-0.15, -0.1) is 0 Å². The van der Waals surface area contributed by atoms with Crippen molar-refractivity contribution in [1.29, 1.82) is 0 Å². The van der Waals surface area contributed by atoms with E-state index in [1.54, 1.807) is 23.7 Å². The first-order valence-electron chi connectivity index (χ1n) is 13.9. The molecule has 9 nitrogen and oxygen atoms in total. The predicted octanol–water partition coefficient (Wildman–Crippen LogP) is 8.25. The lowest BCUT2D eigenvalue weighted by Gasteiger charge is -2.24. The molecule has 1 atom stereocenters. The second kappa shape index (κ2) is 15.7. The fraction of sp³-hybridized carbons (Fsp3) is 0.267. The zero-order chi connectivity index (χ0) is 37.0. The number of ether oxygens (including phenoxy) is 2. The molecule has 1 unspecified atom stereocenters. The van der Waals surface area contributed by atoms with Gasteiger partial charge in [0.15, 0.2) is 0 Å². The number of hydrogen-bond donors (Lipinski definition) is 2. The van der Waals surface area contributed by atoms with Crippen molar-refractivity contribution in [3.05, 3.63) is 98.4 Å². The second-order valence-corrected chi connectivity index (χ2v) is 11.6. The van der Waals surface area contributed by atoms with Gasteiger partial charge in [0.1, 0.15) is 34.7 Å². The topological polar surface area (TPSA) is 110 Å². The van der Waals surface area contributed by atoms with Crippen molar-refractivity contribution in [1.82, 2.24) is 15.2 Å². The summed E-state index contributed by atoms with van der Waals surface area (Å²) in [6.07, 6.45) is -10.3. The van der Waals surface area contributed by atoms with Crippen LogP contribution in [0, 0.1) is 11.6 Å². The van der Waals surface area contributed by atoms with Crippen molar-refractivity contribution in [2.45, 2.75) is 43.9 Å². The van der Waals surface area contributed by atoms with Crippen LogP contribution in [0.4, 0.5) is 45.6 Å². The van der Waals surface area contributed by atoms with E-state index in [0.717, 1.165) is 36.0 Å². The molecule has 1 saturated carbocycles. The summed E-state index contributed by atoms with van der Waals surface area (Å²) in [6.45, 7) is 1.13. The highest BCUT2D eigenvalue weighted by Crippen LogP contribution is 2.41. The number of rotatable bonds is 9. The van der Waals surface area contributed by atoms with Gasteiger partial charge < -0.3 is 19.7 Å². The standard InChI is InChI=1S/C17H8Cl2F8N2O3.C13H13ClN2O2/c18-6-5-11(32-17(26,27)14(22)16(23,24)25)7(19)4-10(6)28-15(31)29-13(30)12-8(20)2-1-3-9(12)21;14-12-4-1-9(6-15-12)7-16(10-2-3-10)11-5-13(17)18-8-11/h1-5,14H,(H2,28,29,30,31);1,4-6,10H,2-3,7-8H2. The van der Waals surface area contributed by atoms with Crippen molar-refractivity contribution < 1.29 is 59.0 Å². The highest BCUT2D eigenvalue weighted by atomic mass is 35.5. The van der Waals surface area contributed by atoms with Gasteiger partial charge in [-0.1, -0.05) is 46.9 Å². The number of hydrogen-bond acceptors (Lipinski definition) is 7. The number of halogens is 11. The van der Waals surface area contributed by atoms with Gasteiger partial charge in [-0.2, -0.15) is 22.0 Å². The molecule has 1 aromatic heterocycles. The Morgan fingerprint density at radius 3 is 2.22 bits per heavy atom. The molecule has 20 heteroatoms. The Labute approximate surface area is 292 Å². The number of anilines is 1. The van der Waals surface area contributed by atoms with E-state index in [1.165, 1.54) is 12.8 Å². The molecule has 3 amide bonds. The Bertz CT molecular complexity index is 1770. The van der Waals surface area contributed by atoms with Crippen LogP contribution in [0.3, 0.4) is 0 Å². The van der Waals surface area contributed by atoms with Gasteiger partial charge in [-0.3, -0.25) is 10.1 Å². The first kappa shape index (κ1) is 38.5. The van der Waals surface area contributed by atoms with E-state index in [1.807, 2.05) is 11.4 Å². The Morgan fingerprint density at radius 1 is 1.02 bits per heavy atom. The lowest BCUT2D eigenvalue weighted by molar-refractivity contribution is -0.304. The van der Waals surface area contributed by atoms with E-state index in [-0.39, 0.29) is 5.97 Å². The summed E-state index contributed by atoms with van der Waals surface area (Å²) in [5.74, 6) is -5.44. The molecule has 2 N–H and O–H groups in total. The van der Waals surface area contributed by atoms with E-state index < -0.39 is 69.1 Å². The third-order valence-corrected chi connectivity index (χ3v) is 7.49. The number of aromatic nitrogens is 1. The van der Waals surface area contributed by atoms with Crippen LogP contribution in [0.25, 0.3) is 0 Å². The molecule has 3 aromatic rings. The summed E-state index contributed by atoms with van der Waals surface area (Å²) in [4.78, 5) is 41.2. The van der Waals surface area contributed by atoms with Crippen LogP contribution in [-0.4, -0.2) is 58.9 Å². The monoisotopic (exact) mass is 774 g/mol. The molecular formula is C30H21Cl3F8N4O5. The zero-order valence-corrected chi connectivity index (χ0v) is 27.0. The minimum atomic E-state index is -5.94. The summed E-state index contributed by atoms with van der Waals surface area (Å²) in [7, 11) is 0. The van der Waals surface area contributed by atoms with Crippen LogP contribution < -0.4 is 15.4 Å².